The van der Waals surface area contributed by atoms with E-state index in [-0.39, 0.29) is 6.10 Å². The van der Waals surface area contributed by atoms with Gasteiger partial charge in [0.2, 0.25) is 0 Å². The van der Waals surface area contributed by atoms with Crippen LogP contribution in [0.25, 0.3) is 0 Å². The second-order valence-corrected chi connectivity index (χ2v) is 4.91. The summed E-state index contributed by atoms with van der Waals surface area (Å²) in [6.45, 7) is 1.82. The lowest BCUT2D eigenvalue weighted by molar-refractivity contribution is 0.107. The Morgan fingerprint density at radius 2 is 2.38 bits per heavy atom. The second-order valence-electron chi connectivity index (χ2n) is 4.91. The van der Waals surface area contributed by atoms with E-state index in [9.17, 15) is 5.11 Å². The molecule has 1 N–H and O–H groups in total. The summed E-state index contributed by atoms with van der Waals surface area (Å²) in [7, 11) is 4.11. The minimum absolute atomic E-state index is 0.0937. The zero-order valence-electron chi connectivity index (χ0n) is 10.1. The molecule has 16 heavy (non-hydrogen) atoms. The maximum absolute atomic E-state index is 9.77. The van der Waals surface area contributed by atoms with E-state index in [0.717, 1.165) is 31.8 Å². The van der Waals surface area contributed by atoms with Gasteiger partial charge in [-0.25, -0.2) is 4.98 Å². The fourth-order valence-corrected chi connectivity index (χ4v) is 2.49. The molecule has 1 heterocycles. The predicted molar refractivity (Wildman–Crippen MR) is 62.9 cm³/mol. The van der Waals surface area contributed by atoms with Crippen molar-refractivity contribution in [2.75, 3.05) is 13.6 Å². The fraction of sp³-hybridized carbons (Fsp3) is 0.750. The molecule has 0 radical (unpaired) electrons. The quantitative estimate of drug-likeness (QED) is 0.828. The summed E-state index contributed by atoms with van der Waals surface area (Å²) in [4.78, 5) is 6.56. The highest BCUT2D eigenvalue weighted by molar-refractivity contribution is 4.91. The second kappa shape index (κ2) is 4.97. The van der Waals surface area contributed by atoms with Crippen LogP contribution in [-0.4, -0.2) is 39.3 Å². The molecule has 90 valence electrons. The summed E-state index contributed by atoms with van der Waals surface area (Å²) in [5, 5.41) is 9.77. The number of aliphatic hydroxyl groups excluding tert-OH is 1. The van der Waals surface area contributed by atoms with Crippen LogP contribution in [-0.2, 0) is 13.6 Å². The maximum Gasteiger partial charge on any atom is 0.122 e. The summed E-state index contributed by atoms with van der Waals surface area (Å²) >= 11 is 0. The number of nitrogens with zero attached hydrogens (tertiary/aromatic N) is 3. The molecule has 0 spiro atoms. The third-order valence-corrected chi connectivity index (χ3v) is 3.50. The Balaban J connectivity index is 1.84. The predicted octanol–water partition coefficient (Wildman–Crippen LogP) is 1.01. The Hall–Kier alpha value is -0.870. The van der Waals surface area contributed by atoms with Gasteiger partial charge < -0.3 is 9.67 Å². The molecule has 1 aromatic heterocycles. The highest BCUT2D eigenvalue weighted by Crippen LogP contribution is 2.26. The van der Waals surface area contributed by atoms with Gasteiger partial charge in [-0.15, -0.1) is 0 Å². The summed E-state index contributed by atoms with van der Waals surface area (Å²) in [6, 6.07) is 0. The van der Waals surface area contributed by atoms with Crippen LogP contribution in [0.5, 0.6) is 0 Å². The van der Waals surface area contributed by atoms with Gasteiger partial charge in [0.05, 0.1) is 12.6 Å². The standard InChI is InChI=1S/C12H21N3O/c1-14(8-10-4-3-5-11(10)16)9-12-13-6-7-15(12)2/h6-7,10-11,16H,3-5,8-9H2,1-2H3. The van der Waals surface area contributed by atoms with Crippen molar-refractivity contribution in [1.82, 2.24) is 14.5 Å². The number of hydrogen-bond donors (Lipinski definition) is 1. The first kappa shape index (κ1) is 11.6. The Kier molecular flexibility index (Phi) is 3.61. The summed E-state index contributed by atoms with van der Waals surface area (Å²) in [5.41, 5.74) is 0. The van der Waals surface area contributed by atoms with Gasteiger partial charge in [-0.1, -0.05) is 6.42 Å². The molecule has 0 amide bonds. The van der Waals surface area contributed by atoms with Crippen molar-refractivity contribution in [2.24, 2.45) is 13.0 Å². The summed E-state index contributed by atoms with van der Waals surface area (Å²) in [6.07, 6.45) is 7.00. The molecule has 0 bridgehead atoms. The van der Waals surface area contributed by atoms with Gasteiger partial charge in [0.25, 0.3) is 0 Å². The minimum Gasteiger partial charge on any atom is -0.393 e. The fourth-order valence-electron chi connectivity index (χ4n) is 2.49. The Morgan fingerprint density at radius 1 is 1.56 bits per heavy atom. The van der Waals surface area contributed by atoms with Crippen LogP contribution < -0.4 is 0 Å². The highest BCUT2D eigenvalue weighted by atomic mass is 16.3. The summed E-state index contributed by atoms with van der Waals surface area (Å²) < 4.78 is 2.04. The van der Waals surface area contributed by atoms with Gasteiger partial charge in [0.15, 0.2) is 0 Å². The minimum atomic E-state index is -0.0937. The van der Waals surface area contributed by atoms with Crippen molar-refractivity contribution in [3.63, 3.8) is 0 Å². The molecule has 2 rings (SSSR count). The number of imidazole rings is 1. The number of rotatable bonds is 4. The van der Waals surface area contributed by atoms with Crippen molar-refractivity contribution >= 4 is 0 Å². The molecule has 2 atom stereocenters. The smallest absolute Gasteiger partial charge is 0.122 e. The lowest BCUT2D eigenvalue weighted by atomic mass is 10.1. The van der Waals surface area contributed by atoms with E-state index < -0.39 is 0 Å². The molecule has 4 nitrogen and oxygen atoms in total. The maximum atomic E-state index is 9.77. The topological polar surface area (TPSA) is 41.3 Å². The molecular weight excluding hydrogens is 202 g/mol. The first-order chi connectivity index (χ1) is 7.66. The number of aliphatic hydroxyl groups is 1. The molecule has 0 aliphatic heterocycles. The van der Waals surface area contributed by atoms with E-state index in [0.29, 0.717) is 5.92 Å². The average molecular weight is 223 g/mol. The van der Waals surface area contributed by atoms with Crippen molar-refractivity contribution in [2.45, 2.75) is 31.9 Å². The highest BCUT2D eigenvalue weighted by Gasteiger charge is 2.26. The van der Waals surface area contributed by atoms with Gasteiger partial charge in [-0.2, -0.15) is 0 Å². The Labute approximate surface area is 96.9 Å². The van der Waals surface area contributed by atoms with Gasteiger partial charge >= 0.3 is 0 Å². The molecule has 1 aromatic rings. The Morgan fingerprint density at radius 3 is 2.94 bits per heavy atom. The zero-order chi connectivity index (χ0) is 11.5. The van der Waals surface area contributed by atoms with Crippen LogP contribution in [0.1, 0.15) is 25.1 Å². The lowest BCUT2D eigenvalue weighted by Crippen LogP contribution is -2.30. The molecular formula is C12H21N3O. The molecule has 1 aliphatic carbocycles. The summed E-state index contributed by atoms with van der Waals surface area (Å²) in [5.74, 6) is 1.53. The molecule has 2 unspecified atom stereocenters. The van der Waals surface area contributed by atoms with E-state index in [1.807, 2.05) is 24.0 Å². The van der Waals surface area contributed by atoms with Crippen LogP contribution in [0.3, 0.4) is 0 Å². The van der Waals surface area contributed by atoms with Gasteiger partial charge in [-0.3, -0.25) is 4.90 Å². The average Bonchev–Trinajstić information content (AvgIpc) is 2.79. The van der Waals surface area contributed by atoms with Crippen molar-refractivity contribution in [3.05, 3.63) is 18.2 Å². The molecule has 1 fully saturated rings. The van der Waals surface area contributed by atoms with Crippen molar-refractivity contribution in [3.8, 4) is 0 Å². The normalized spacial score (nSPS) is 25.5. The van der Waals surface area contributed by atoms with Crippen LogP contribution in [0.15, 0.2) is 12.4 Å². The lowest BCUT2D eigenvalue weighted by Gasteiger charge is -2.22. The van der Waals surface area contributed by atoms with Gasteiger partial charge in [0, 0.05) is 26.0 Å². The third kappa shape index (κ3) is 2.62. The van der Waals surface area contributed by atoms with E-state index in [4.69, 9.17) is 0 Å². The van der Waals surface area contributed by atoms with E-state index in [1.165, 1.54) is 6.42 Å². The largest absolute Gasteiger partial charge is 0.393 e. The van der Waals surface area contributed by atoms with Gasteiger partial charge in [-0.05, 0) is 25.8 Å². The number of aromatic nitrogens is 2. The van der Waals surface area contributed by atoms with E-state index in [2.05, 4.69) is 16.9 Å². The number of hydrogen-bond acceptors (Lipinski definition) is 3. The number of aryl methyl sites for hydroxylation is 1. The molecule has 0 aromatic carbocycles. The van der Waals surface area contributed by atoms with Crippen LogP contribution in [0, 0.1) is 5.92 Å². The first-order valence-electron chi connectivity index (χ1n) is 5.99. The van der Waals surface area contributed by atoms with Crippen LogP contribution in [0.2, 0.25) is 0 Å². The monoisotopic (exact) mass is 223 g/mol. The van der Waals surface area contributed by atoms with E-state index >= 15 is 0 Å². The van der Waals surface area contributed by atoms with E-state index in [1.54, 1.807) is 0 Å². The van der Waals surface area contributed by atoms with Crippen LogP contribution >= 0.6 is 0 Å². The molecule has 4 heteroatoms. The van der Waals surface area contributed by atoms with Gasteiger partial charge in [0.1, 0.15) is 5.82 Å². The molecule has 1 aliphatic rings. The zero-order valence-corrected chi connectivity index (χ0v) is 10.1. The SMILES string of the molecule is CN(Cc1nccn1C)CC1CCCC1O. The third-order valence-electron chi connectivity index (χ3n) is 3.50. The Bertz CT molecular complexity index is 337. The first-order valence-corrected chi connectivity index (χ1v) is 5.99. The van der Waals surface area contributed by atoms with Crippen molar-refractivity contribution < 1.29 is 5.11 Å². The molecule has 0 saturated heterocycles. The van der Waals surface area contributed by atoms with Crippen molar-refractivity contribution in [1.29, 1.82) is 0 Å². The van der Waals surface area contributed by atoms with Crippen LogP contribution in [0.4, 0.5) is 0 Å². The molecule has 1 saturated carbocycles.